The van der Waals surface area contributed by atoms with Crippen LogP contribution in [-0.4, -0.2) is 43.5 Å². The Morgan fingerprint density at radius 2 is 1.88 bits per heavy atom. The summed E-state index contributed by atoms with van der Waals surface area (Å²) in [6, 6.07) is 10.8. The zero-order valence-corrected chi connectivity index (χ0v) is 20.0. The third-order valence-electron chi connectivity index (χ3n) is 4.89. The van der Waals surface area contributed by atoms with Gasteiger partial charge in [-0.15, -0.1) is 0 Å². The quantitative estimate of drug-likeness (QED) is 0.511. The van der Waals surface area contributed by atoms with E-state index in [1.54, 1.807) is 49.4 Å². The molecule has 0 spiro atoms. The van der Waals surface area contributed by atoms with Crippen molar-refractivity contribution in [1.29, 1.82) is 0 Å². The average molecular weight is 459 g/mol. The van der Waals surface area contributed by atoms with E-state index in [4.69, 9.17) is 21.1 Å². The van der Waals surface area contributed by atoms with Crippen molar-refractivity contribution >= 4 is 29.5 Å². The van der Waals surface area contributed by atoms with Gasteiger partial charge in [0.05, 0.1) is 18.7 Å². The molecule has 2 aromatic carbocycles. The van der Waals surface area contributed by atoms with Gasteiger partial charge in [-0.2, -0.15) is 0 Å². The molecule has 1 N–H and O–H groups in total. The molecule has 0 heterocycles. The summed E-state index contributed by atoms with van der Waals surface area (Å²) in [6.07, 6.45) is 3.96. The molecule has 2 rings (SSSR count). The molecule has 0 saturated heterocycles. The molecule has 0 aliphatic carbocycles. The van der Waals surface area contributed by atoms with E-state index in [1.165, 1.54) is 6.08 Å². The third-order valence-corrected chi connectivity index (χ3v) is 5.17. The molecule has 0 unspecified atom stereocenters. The van der Waals surface area contributed by atoms with Crippen LogP contribution in [0.2, 0.25) is 5.02 Å². The zero-order chi connectivity index (χ0) is 23.7. The summed E-state index contributed by atoms with van der Waals surface area (Å²) in [5, 5.41) is 3.26. The molecule has 0 radical (unpaired) electrons. The number of amides is 2. The van der Waals surface area contributed by atoms with Crippen LogP contribution in [0.3, 0.4) is 0 Å². The minimum absolute atomic E-state index is 0.0290. The summed E-state index contributed by atoms with van der Waals surface area (Å²) in [5.41, 5.74) is 2.24. The number of hydrogen-bond acceptors (Lipinski definition) is 4. The van der Waals surface area contributed by atoms with E-state index in [-0.39, 0.29) is 17.9 Å². The number of halogens is 1. The van der Waals surface area contributed by atoms with Gasteiger partial charge >= 0.3 is 0 Å². The first-order valence-electron chi connectivity index (χ1n) is 10.6. The van der Waals surface area contributed by atoms with Gasteiger partial charge in [0.1, 0.15) is 0 Å². The van der Waals surface area contributed by atoms with Gasteiger partial charge in [0.15, 0.2) is 11.5 Å². The molecule has 0 aromatic heterocycles. The summed E-state index contributed by atoms with van der Waals surface area (Å²) in [5.74, 6) is 0.743. The highest BCUT2D eigenvalue weighted by Crippen LogP contribution is 2.36. The molecule has 0 aliphatic heterocycles. The second-order valence-electron chi connectivity index (χ2n) is 7.64. The summed E-state index contributed by atoms with van der Waals surface area (Å²) in [7, 11) is 3.33. The Labute approximate surface area is 195 Å². The molecule has 0 bridgehead atoms. The maximum atomic E-state index is 12.3. The number of carbonyl (C=O) groups is 2. The van der Waals surface area contributed by atoms with E-state index in [9.17, 15) is 9.59 Å². The highest BCUT2D eigenvalue weighted by atomic mass is 35.5. The van der Waals surface area contributed by atoms with Gasteiger partial charge in [0, 0.05) is 31.3 Å². The molecular formula is C25H31ClN2O4. The smallest absolute Gasteiger partial charge is 0.253 e. The molecule has 32 heavy (non-hydrogen) atoms. The number of benzene rings is 2. The second kappa shape index (κ2) is 12.2. The predicted octanol–water partition coefficient (Wildman–Crippen LogP) is 4.95. The van der Waals surface area contributed by atoms with E-state index in [0.717, 1.165) is 17.5 Å². The fraction of sp³-hybridized carbons (Fsp3) is 0.360. The first-order chi connectivity index (χ1) is 15.3. The van der Waals surface area contributed by atoms with E-state index in [2.05, 4.69) is 5.32 Å². The topological polar surface area (TPSA) is 67.9 Å². The van der Waals surface area contributed by atoms with Crippen LogP contribution in [0.4, 0.5) is 0 Å². The molecule has 2 amide bonds. The van der Waals surface area contributed by atoms with Crippen LogP contribution >= 0.6 is 11.6 Å². The number of rotatable bonds is 10. The van der Waals surface area contributed by atoms with Crippen molar-refractivity contribution in [2.45, 2.75) is 39.8 Å². The molecule has 0 atom stereocenters. The normalized spacial score (nSPS) is 11.0. The lowest BCUT2D eigenvalue weighted by Gasteiger charge is -2.21. The Morgan fingerprint density at radius 1 is 1.19 bits per heavy atom. The SMILES string of the molecule is CCCOc1c(Cl)cc(/C=C/C(=O)NCc2ccc(C(=O)N(C)C(C)C)cc2)cc1OC. The first-order valence-corrected chi connectivity index (χ1v) is 11.0. The maximum Gasteiger partial charge on any atom is 0.253 e. The Balaban J connectivity index is 1.97. The first kappa shape index (κ1) is 25.3. The van der Waals surface area contributed by atoms with E-state index in [1.807, 2.05) is 32.9 Å². The molecule has 0 aliphatic rings. The van der Waals surface area contributed by atoms with E-state index in [0.29, 0.717) is 35.2 Å². The fourth-order valence-electron chi connectivity index (χ4n) is 2.80. The number of hydrogen-bond donors (Lipinski definition) is 1. The predicted molar refractivity (Wildman–Crippen MR) is 128 cm³/mol. The molecule has 0 fully saturated rings. The monoisotopic (exact) mass is 458 g/mol. The van der Waals surface area contributed by atoms with Crippen molar-refractivity contribution in [3.8, 4) is 11.5 Å². The lowest BCUT2D eigenvalue weighted by atomic mass is 10.1. The zero-order valence-electron chi connectivity index (χ0n) is 19.3. The number of carbonyl (C=O) groups excluding carboxylic acids is 2. The number of ether oxygens (including phenoxy) is 2. The van der Waals surface area contributed by atoms with E-state index >= 15 is 0 Å². The number of nitrogens with zero attached hydrogens (tertiary/aromatic N) is 1. The van der Waals surface area contributed by atoms with Crippen molar-refractivity contribution < 1.29 is 19.1 Å². The van der Waals surface area contributed by atoms with Crippen LogP contribution in [0.25, 0.3) is 6.08 Å². The van der Waals surface area contributed by atoms with Crippen molar-refractivity contribution in [1.82, 2.24) is 10.2 Å². The van der Waals surface area contributed by atoms with Crippen LogP contribution in [0.15, 0.2) is 42.5 Å². The summed E-state index contributed by atoms with van der Waals surface area (Å²) in [4.78, 5) is 26.3. The van der Waals surface area contributed by atoms with Crippen LogP contribution in [0.5, 0.6) is 11.5 Å². The second-order valence-corrected chi connectivity index (χ2v) is 8.05. The van der Waals surface area contributed by atoms with Crippen LogP contribution in [0, 0.1) is 0 Å². The van der Waals surface area contributed by atoms with Crippen molar-refractivity contribution in [3.63, 3.8) is 0 Å². The minimum atomic E-state index is -0.244. The van der Waals surface area contributed by atoms with Crippen LogP contribution in [0.1, 0.15) is 48.7 Å². The Hall–Kier alpha value is -2.99. The molecule has 172 valence electrons. The molecule has 6 nitrogen and oxygen atoms in total. The molecule has 7 heteroatoms. The largest absolute Gasteiger partial charge is 0.493 e. The Kier molecular flexibility index (Phi) is 9.60. The van der Waals surface area contributed by atoms with Gasteiger partial charge in [0.2, 0.25) is 5.91 Å². The van der Waals surface area contributed by atoms with Crippen LogP contribution < -0.4 is 14.8 Å². The van der Waals surface area contributed by atoms with Gasteiger partial charge in [-0.3, -0.25) is 9.59 Å². The minimum Gasteiger partial charge on any atom is -0.493 e. The fourth-order valence-corrected chi connectivity index (χ4v) is 3.08. The van der Waals surface area contributed by atoms with Gasteiger partial charge < -0.3 is 19.7 Å². The highest BCUT2D eigenvalue weighted by Gasteiger charge is 2.14. The summed E-state index contributed by atoms with van der Waals surface area (Å²) in [6.45, 7) is 6.83. The standard InChI is InChI=1S/C25H31ClN2O4/c1-6-13-32-24-21(26)14-19(15-22(24)31-5)9-12-23(29)27-16-18-7-10-20(11-8-18)25(30)28(4)17(2)3/h7-12,14-15,17H,6,13,16H2,1-5H3,(H,27,29)/b12-9+. The Bertz CT molecular complexity index is 955. The van der Waals surface area contributed by atoms with Gasteiger partial charge in [0.25, 0.3) is 5.91 Å². The van der Waals surface area contributed by atoms with Gasteiger partial charge in [-0.05, 0) is 61.7 Å². The molecular weight excluding hydrogens is 428 g/mol. The average Bonchev–Trinajstić information content (AvgIpc) is 2.79. The highest BCUT2D eigenvalue weighted by molar-refractivity contribution is 6.32. The maximum absolute atomic E-state index is 12.3. The van der Waals surface area contributed by atoms with Crippen molar-refractivity contribution in [2.24, 2.45) is 0 Å². The van der Waals surface area contributed by atoms with Crippen LogP contribution in [-0.2, 0) is 11.3 Å². The Morgan fingerprint density at radius 3 is 2.47 bits per heavy atom. The van der Waals surface area contributed by atoms with Crippen molar-refractivity contribution in [3.05, 3.63) is 64.2 Å². The molecule has 2 aromatic rings. The third kappa shape index (κ3) is 7.02. The summed E-state index contributed by atoms with van der Waals surface area (Å²) >= 11 is 6.31. The van der Waals surface area contributed by atoms with E-state index < -0.39 is 0 Å². The van der Waals surface area contributed by atoms with Crippen molar-refractivity contribution in [2.75, 3.05) is 20.8 Å². The molecule has 0 saturated carbocycles. The summed E-state index contributed by atoms with van der Waals surface area (Å²) < 4.78 is 11.0. The lowest BCUT2D eigenvalue weighted by molar-refractivity contribution is -0.116. The van der Waals surface area contributed by atoms with Gasteiger partial charge in [-0.25, -0.2) is 0 Å². The van der Waals surface area contributed by atoms with Gasteiger partial charge in [-0.1, -0.05) is 30.7 Å². The lowest BCUT2D eigenvalue weighted by Crippen LogP contribution is -2.32. The number of nitrogens with one attached hydrogen (secondary N) is 1. The number of methoxy groups -OCH3 is 1.